The SMILES string of the molecule is Cc1c(CC(=O)NC[C@@H](C)O)c(=O)oc2cc(O)c(Cl)cc12. The van der Waals surface area contributed by atoms with Crippen LogP contribution >= 0.6 is 11.6 Å². The molecule has 1 heterocycles. The van der Waals surface area contributed by atoms with Crippen molar-refractivity contribution in [1.29, 1.82) is 0 Å². The van der Waals surface area contributed by atoms with E-state index in [4.69, 9.17) is 21.1 Å². The predicted molar refractivity (Wildman–Crippen MR) is 82.3 cm³/mol. The Hall–Kier alpha value is -2.05. The molecule has 0 aliphatic carbocycles. The minimum atomic E-state index is -0.667. The molecule has 2 rings (SSSR count). The van der Waals surface area contributed by atoms with E-state index < -0.39 is 11.7 Å². The Morgan fingerprint density at radius 2 is 2.14 bits per heavy atom. The van der Waals surface area contributed by atoms with E-state index in [1.165, 1.54) is 12.1 Å². The van der Waals surface area contributed by atoms with Crippen molar-refractivity contribution in [3.05, 3.63) is 38.7 Å². The first-order valence-corrected chi connectivity index (χ1v) is 7.07. The molecule has 0 unspecified atom stereocenters. The molecule has 0 aliphatic rings. The van der Waals surface area contributed by atoms with Crippen molar-refractivity contribution < 1.29 is 19.4 Å². The summed E-state index contributed by atoms with van der Waals surface area (Å²) in [5.41, 5.74) is 0.356. The molecule has 1 atom stereocenters. The third kappa shape index (κ3) is 3.40. The predicted octanol–water partition coefficient (Wildman–Crippen LogP) is 1.50. The number of aliphatic hydroxyl groups is 1. The number of aryl methyl sites for hydroxylation is 1. The highest BCUT2D eigenvalue weighted by Gasteiger charge is 2.16. The van der Waals surface area contributed by atoms with Crippen LogP contribution in [0, 0.1) is 6.92 Å². The second kappa shape index (κ2) is 6.37. The third-order valence-electron chi connectivity index (χ3n) is 3.29. The van der Waals surface area contributed by atoms with Crippen LogP contribution in [0.25, 0.3) is 11.0 Å². The smallest absolute Gasteiger partial charge is 0.340 e. The number of hydrogen-bond donors (Lipinski definition) is 3. The summed E-state index contributed by atoms with van der Waals surface area (Å²) in [6.45, 7) is 3.34. The Balaban J connectivity index is 2.40. The zero-order valence-electron chi connectivity index (χ0n) is 12.1. The van der Waals surface area contributed by atoms with Gasteiger partial charge in [0.15, 0.2) is 0 Å². The fourth-order valence-corrected chi connectivity index (χ4v) is 2.25. The molecule has 0 spiro atoms. The summed E-state index contributed by atoms with van der Waals surface area (Å²) in [6, 6.07) is 2.76. The molecule has 0 aliphatic heterocycles. The summed E-state index contributed by atoms with van der Waals surface area (Å²) in [7, 11) is 0. The maximum absolute atomic E-state index is 12.0. The van der Waals surface area contributed by atoms with Gasteiger partial charge >= 0.3 is 5.63 Å². The number of rotatable bonds is 4. The molecule has 2 aromatic rings. The van der Waals surface area contributed by atoms with Crippen LogP contribution in [-0.2, 0) is 11.2 Å². The molecular formula is C15H16ClNO5. The maximum Gasteiger partial charge on any atom is 0.340 e. The molecular weight excluding hydrogens is 310 g/mol. The van der Waals surface area contributed by atoms with Gasteiger partial charge in [0.05, 0.1) is 23.1 Å². The van der Waals surface area contributed by atoms with Crippen LogP contribution in [-0.4, -0.2) is 28.8 Å². The number of nitrogens with one attached hydrogen (secondary N) is 1. The molecule has 0 saturated heterocycles. The van der Waals surface area contributed by atoms with Crippen molar-refractivity contribution in [2.75, 3.05) is 6.54 Å². The van der Waals surface area contributed by atoms with Gasteiger partial charge in [0.2, 0.25) is 5.91 Å². The topological polar surface area (TPSA) is 99.8 Å². The van der Waals surface area contributed by atoms with Gasteiger partial charge in [-0.05, 0) is 25.5 Å². The van der Waals surface area contributed by atoms with E-state index in [0.717, 1.165) is 0 Å². The van der Waals surface area contributed by atoms with Crippen molar-refractivity contribution in [2.24, 2.45) is 0 Å². The summed E-state index contributed by atoms with van der Waals surface area (Å²) >= 11 is 5.87. The van der Waals surface area contributed by atoms with E-state index in [9.17, 15) is 14.7 Å². The molecule has 118 valence electrons. The van der Waals surface area contributed by atoms with Gasteiger partial charge in [-0.2, -0.15) is 0 Å². The molecule has 0 saturated carbocycles. The average molecular weight is 326 g/mol. The fraction of sp³-hybridized carbons (Fsp3) is 0.333. The quantitative estimate of drug-likeness (QED) is 0.740. The molecule has 0 fully saturated rings. The molecule has 6 nitrogen and oxygen atoms in total. The van der Waals surface area contributed by atoms with Crippen LogP contribution in [0.3, 0.4) is 0 Å². The standard InChI is InChI=1S/C15H16ClNO5/c1-7(18)6-17-14(20)4-10-8(2)9-3-11(16)12(19)5-13(9)22-15(10)21/h3,5,7,18-19H,4,6H2,1-2H3,(H,17,20)/t7-/m1/s1. The number of phenols is 1. The van der Waals surface area contributed by atoms with Crippen molar-refractivity contribution >= 4 is 28.5 Å². The average Bonchev–Trinajstić information content (AvgIpc) is 2.44. The summed E-state index contributed by atoms with van der Waals surface area (Å²) in [5.74, 6) is -0.570. The Bertz CT molecular complexity index is 782. The first-order valence-electron chi connectivity index (χ1n) is 6.69. The van der Waals surface area contributed by atoms with Crippen LogP contribution in [0.15, 0.2) is 21.3 Å². The number of carbonyl (C=O) groups is 1. The Labute approximate surface area is 131 Å². The van der Waals surface area contributed by atoms with E-state index in [1.807, 2.05) is 0 Å². The van der Waals surface area contributed by atoms with Crippen LogP contribution in [0.5, 0.6) is 5.75 Å². The van der Waals surface area contributed by atoms with E-state index in [0.29, 0.717) is 10.9 Å². The lowest BCUT2D eigenvalue weighted by atomic mass is 10.0. The lowest BCUT2D eigenvalue weighted by Crippen LogP contribution is -2.33. The van der Waals surface area contributed by atoms with Gasteiger partial charge in [0.25, 0.3) is 0 Å². The van der Waals surface area contributed by atoms with Gasteiger partial charge in [0, 0.05) is 18.0 Å². The molecule has 0 bridgehead atoms. The molecule has 7 heteroatoms. The van der Waals surface area contributed by atoms with E-state index in [1.54, 1.807) is 13.8 Å². The summed E-state index contributed by atoms with van der Waals surface area (Å²) in [6.07, 6.45) is -0.824. The molecule has 1 aromatic heterocycles. The molecule has 22 heavy (non-hydrogen) atoms. The maximum atomic E-state index is 12.0. The third-order valence-corrected chi connectivity index (χ3v) is 3.59. The lowest BCUT2D eigenvalue weighted by molar-refractivity contribution is -0.120. The van der Waals surface area contributed by atoms with Crippen molar-refractivity contribution in [1.82, 2.24) is 5.32 Å². The number of aliphatic hydroxyl groups excluding tert-OH is 1. The van der Waals surface area contributed by atoms with Crippen molar-refractivity contribution in [3.8, 4) is 5.75 Å². The zero-order valence-corrected chi connectivity index (χ0v) is 12.9. The van der Waals surface area contributed by atoms with Crippen LogP contribution in [0.2, 0.25) is 5.02 Å². The summed E-state index contributed by atoms with van der Waals surface area (Å²) in [5, 5.41) is 21.9. The van der Waals surface area contributed by atoms with Gasteiger partial charge < -0.3 is 19.9 Å². The monoisotopic (exact) mass is 325 g/mol. The van der Waals surface area contributed by atoms with E-state index in [-0.39, 0.29) is 40.8 Å². The number of hydrogen-bond acceptors (Lipinski definition) is 5. The van der Waals surface area contributed by atoms with Gasteiger partial charge in [-0.1, -0.05) is 11.6 Å². The lowest BCUT2D eigenvalue weighted by Gasteiger charge is -2.10. The van der Waals surface area contributed by atoms with Crippen LogP contribution in [0.4, 0.5) is 0 Å². The van der Waals surface area contributed by atoms with Gasteiger partial charge in [-0.3, -0.25) is 4.79 Å². The summed E-state index contributed by atoms with van der Waals surface area (Å²) in [4.78, 5) is 23.8. The number of amides is 1. The molecule has 1 aromatic carbocycles. The van der Waals surface area contributed by atoms with Gasteiger partial charge in [-0.25, -0.2) is 4.79 Å². The van der Waals surface area contributed by atoms with Crippen molar-refractivity contribution in [2.45, 2.75) is 26.4 Å². The minimum absolute atomic E-state index is 0.108. The van der Waals surface area contributed by atoms with Crippen LogP contribution < -0.4 is 10.9 Å². The highest BCUT2D eigenvalue weighted by molar-refractivity contribution is 6.32. The second-order valence-corrected chi connectivity index (χ2v) is 5.53. The largest absolute Gasteiger partial charge is 0.506 e. The Kier molecular flexibility index (Phi) is 4.73. The van der Waals surface area contributed by atoms with Gasteiger partial charge in [0.1, 0.15) is 11.3 Å². The van der Waals surface area contributed by atoms with E-state index in [2.05, 4.69) is 5.32 Å². The number of benzene rings is 1. The first kappa shape index (κ1) is 16.3. The van der Waals surface area contributed by atoms with Crippen molar-refractivity contribution in [3.63, 3.8) is 0 Å². The van der Waals surface area contributed by atoms with Gasteiger partial charge in [-0.15, -0.1) is 0 Å². The zero-order chi connectivity index (χ0) is 16.4. The molecule has 0 radical (unpaired) electrons. The number of fused-ring (bicyclic) bond motifs is 1. The molecule has 1 amide bonds. The Morgan fingerprint density at radius 1 is 1.45 bits per heavy atom. The van der Waals surface area contributed by atoms with E-state index >= 15 is 0 Å². The molecule has 3 N–H and O–H groups in total. The normalized spacial score (nSPS) is 12.4. The number of phenolic OH excluding ortho intramolecular Hbond substituents is 1. The number of halogens is 1. The first-order chi connectivity index (χ1) is 10.3. The van der Waals surface area contributed by atoms with Crippen LogP contribution in [0.1, 0.15) is 18.1 Å². The number of carbonyl (C=O) groups excluding carboxylic acids is 1. The summed E-state index contributed by atoms with van der Waals surface area (Å²) < 4.78 is 5.13. The fourth-order valence-electron chi connectivity index (χ4n) is 2.09. The number of aromatic hydroxyl groups is 1. The highest BCUT2D eigenvalue weighted by Crippen LogP contribution is 2.30. The second-order valence-electron chi connectivity index (χ2n) is 5.12. The minimum Gasteiger partial charge on any atom is -0.506 e. The highest BCUT2D eigenvalue weighted by atomic mass is 35.5. The Morgan fingerprint density at radius 3 is 2.77 bits per heavy atom.